The molecule has 1 fully saturated rings. The van der Waals surface area contributed by atoms with Crippen LogP contribution in [0.15, 0.2) is 4.42 Å². The van der Waals surface area contributed by atoms with Crippen LogP contribution in [0.5, 0.6) is 0 Å². The fraction of sp³-hybridized carbons (Fsp3) is 0.867. The fourth-order valence-electron chi connectivity index (χ4n) is 2.56. The third-order valence-electron chi connectivity index (χ3n) is 4.01. The molecule has 0 bridgehead atoms. The summed E-state index contributed by atoms with van der Waals surface area (Å²) < 4.78 is 11.0. The van der Waals surface area contributed by atoms with Gasteiger partial charge in [0.05, 0.1) is 19.8 Å². The van der Waals surface area contributed by atoms with Crippen molar-refractivity contribution in [3.05, 3.63) is 11.8 Å². The van der Waals surface area contributed by atoms with Crippen molar-refractivity contribution >= 4 is 0 Å². The van der Waals surface area contributed by atoms with Crippen molar-refractivity contribution < 1.29 is 9.15 Å². The van der Waals surface area contributed by atoms with E-state index in [1.54, 1.807) is 0 Å². The first kappa shape index (κ1) is 16.4. The maximum Gasteiger partial charge on any atom is 0.230 e. The summed E-state index contributed by atoms with van der Waals surface area (Å²) in [5.74, 6) is 1.32. The molecule has 0 radical (unpaired) electrons. The van der Waals surface area contributed by atoms with Gasteiger partial charge in [-0.2, -0.15) is 0 Å². The van der Waals surface area contributed by atoms with E-state index in [1.165, 1.54) is 0 Å². The van der Waals surface area contributed by atoms with Gasteiger partial charge in [-0.05, 0) is 27.7 Å². The zero-order valence-corrected chi connectivity index (χ0v) is 13.9. The van der Waals surface area contributed by atoms with Crippen LogP contribution in [0.4, 0.5) is 0 Å². The Balaban J connectivity index is 1.93. The SMILES string of the molecule is Cc1nnc(CN(CCN2CCOCC2C)C(C)(C)C)o1. The van der Waals surface area contributed by atoms with Crippen LogP contribution in [-0.4, -0.2) is 64.4 Å². The highest BCUT2D eigenvalue weighted by Crippen LogP contribution is 2.17. The molecule has 1 atom stereocenters. The summed E-state index contributed by atoms with van der Waals surface area (Å²) in [6.07, 6.45) is 0. The van der Waals surface area contributed by atoms with Gasteiger partial charge in [-0.3, -0.25) is 9.80 Å². The van der Waals surface area contributed by atoms with Gasteiger partial charge in [-0.1, -0.05) is 0 Å². The van der Waals surface area contributed by atoms with Gasteiger partial charge >= 0.3 is 0 Å². The Morgan fingerprint density at radius 1 is 1.33 bits per heavy atom. The Hall–Kier alpha value is -0.980. The van der Waals surface area contributed by atoms with Gasteiger partial charge in [0, 0.05) is 38.1 Å². The molecule has 0 aromatic carbocycles. The molecular weight excluding hydrogens is 268 g/mol. The number of morpholine rings is 1. The van der Waals surface area contributed by atoms with Crippen molar-refractivity contribution in [2.75, 3.05) is 32.8 Å². The third-order valence-corrected chi connectivity index (χ3v) is 4.01. The average molecular weight is 296 g/mol. The molecule has 1 aliphatic heterocycles. The molecule has 0 N–H and O–H groups in total. The van der Waals surface area contributed by atoms with E-state index in [-0.39, 0.29) is 5.54 Å². The highest BCUT2D eigenvalue weighted by atomic mass is 16.5. The summed E-state index contributed by atoms with van der Waals surface area (Å²) in [5.41, 5.74) is 0.0674. The number of hydrogen-bond acceptors (Lipinski definition) is 6. The molecule has 1 aliphatic rings. The van der Waals surface area contributed by atoms with E-state index >= 15 is 0 Å². The van der Waals surface area contributed by atoms with Crippen molar-refractivity contribution in [2.24, 2.45) is 0 Å². The molecule has 1 aromatic heterocycles. The summed E-state index contributed by atoms with van der Waals surface area (Å²) in [6.45, 7) is 16.1. The van der Waals surface area contributed by atoms with Crippen molar-refractivity contribution in [3.8, 4) is 0 Å². The summed E-state index contributed by atoms with van der Waals surface area (Å²) in [7, 11) is 0. The maximum absolute atomic E-state index is 5.52. The Morgan fingerprint density at radius 2 is 2.10 bits per heavy atom. The number of aryl methyl sites for hydroxylation is 1. The van der Waals surface area contributed by atoms with Gasteiger partial charge in [0.15, 0.2) is 0 Å². The van der Waals surface area contributed by atoms with Crippen LogP contribution in [0.2, 0.25) is 0 Å². The molecule has 120 valence electrons. The van der Waals surface area contributed by atoms with Crippen molar-refractivity contribution in [2.45, 2.75) is 52.7 Å². The van der Waals surface area contributed by atoms with Crippen LogP contribution in [0.3, 0.4) is 0 Å². The number of nitrogens with zero attached hydrogens (tertiary/aromatic N) is 4. The molecule has 1 aromatic rings. The molecule has 0 spiro atoms. The van der Waals surface area contributed by atoms with Crippen molar-refractivity contribution in [3.63, 3.8) is 0 Å². The zero-order valence-electron chi connectivity index (χ0n) is 13.9. The van der Waals surface area contributed by atoms with E-state index in [9.17, 15) is 0 Å². The minimum Gasteiger partial charge on any atom is -0.424 e. The number of ether oxygens (including phenoxy) is 1. The molecule has 6 heteroatoms. The molecule has 21 heavy (non-hydrogen) atoms. The lowest BCUT2D eigenvalue weighted by molar-refractivity contribution is -0.0101. The average Bonchev–Trinajstić information content (AvgIpc) is 2.80. The largest absolute Gasteiger partial charge is 0.424 e. The maximum atomic E-state index is 5.52. The second-order valence-corrected chi connectivity index (χ2v) is 6.77. The van der Waals surface area contributed by atoms with Gasteiger partial charge in [0.25, 0.3) is 0 Å². The summed E-state index contributed by atoms with van der Waals surface area (Å²) >= 11 is 0. The normalized spacial score (nSPS) is 21.1. The van der Waals surface area contributed by atoms with Gasteiger partial charge in [-0.15, -0.1) is 10.2 Å². The van der Waals surface area contributed by atoms with Crippen LogP contribution in [0.25, 0.3) is 0 Å². The van der Waals surface area contributed by atoms with Crippen molar-refractivity contribution in [1.82, 2.24) is 20.0 Å². The van der Waals surface area contributed by atoms with Crippen LogP contribution in [0, 0.1) is 6.92 Å². The van der Waals surface area contributed by atoms with Gasteiger partial charge in [-0.25, -0.2) is 0 Å². The van der Waals surface area contributed by atoms with Gasteiger partial charge in [0.2, 0.25) is 11.8 Å². The molecule has 1 saturated heterocycles. The number of hydrogen-bond donors (Lipinski definition) is 0. The standard InChI is InChI=1S/C15H28N4O2/c1-12-11-20-9-8-18(12)6-7-19(15(3,4)5)10-14-17-16-13(2)21-14/h12H,6-11H2,1-5H3. The van der Waals surface area contributed by atoms with Gasteiger partial charge in [0.1, 0.15) is 0 Å². The monoisotopic (exact) mass is 296 g/mol. The van der Waals surface area contributed by atoms with Crippen molar-refractivity contribution in [1.29, 1.82) is 0 Å². The van der Waals surface area contributed by atoms with Crippen LogP contribution >= 0.6 is 0 Å². The zero-order chi connectivity index (χ0) is 15.5. The van der Waals surface area contributed by atoms with E-state index in [1.807, 2.05) is 6.92 Å². The number of rotatable bonds is 5. The fourth-order valence-corrected chi connectivity index (χ4v) is 2.56. The van der Waals surface area contributed by atoms with Crippen LogP contribution in [-0.2, 0) is 11.3 Å². The third kappa shape index (κ3) is 4.76. The molecule has 1 unspecified atom stereocenters. The molecule has 0 saturated carbocycles. The molecule has 6 nitrogen and oxygen atoms in total. The Labute approximate surface area is 127 Å². The highest BCUT2D eigenvalue weighted by molar-refractivity contribution is 4.85. The molecular formula is C15H28N4O2. The minimum absolute atomic E-state index is 0.0674. The first-order valence-electron chi connectivity index (χ1n) is 7.72. The second-order valence-electron chi connectivity index (χ2n) is 6.77. The Kier molecular flexibility index (Phi) is 5.35. The topological polar surface area (TPSA) is 54.6 Å². The Morgan fingerprint density at radius 3 is 2.67 bits per heavy atom. The Bertz CT molecular complexity index is 441. The highest BCUT2D eigenvalue weighted by Gasteiger charge is 2.25. The minimum atomic E-state index is 0.0674. The van der Waals surface area contributed by atoms with E-state index in [2.05, 4.69) is 47.7 Å². The van der Waals surface area contributed by atoms with Crippen LogP contribution < -0.4 is 0 Å². The quantitative estimate of drug-likeness (QED) is 0.824. The molecule has 0 amide bonds. The first-order valence-corrected chi connectivity index (χ1v) is 7.72. The lowest BCUT2D eigenvalue weighted by Crippen LogP contribution is -2.50. The first-order chi connectivity index (χ1) is 9.86. The molecule has 0 aliphatic carbocycles. The summed E-state index contributed by atoms with van der Waals surface area (Å²) in [5, 5.41) is 8.03. The molecule has 2 rings (SSSR count). The van der Waals surface area contributed by atoms with Crippen LogP contribution in [0.1, 0.15) is 39.5 Å². The van der Waals surface area contributed by atoms with Gasteiger partial charge < -0.3 is 9.15 Å². The predicted molar refractivity (Wildman–Crippen MR) is 81.1 cm³/mol. The van der Waals surface area contributed by atoms with E-state index in [0.717, 1.165) is 32.8 Å². The smallest absolute Gasteiger partial charge is 0.230 e. The lowest BCUT2D eigenvalue weighted by atomic mass is 10.1. The van der Waals surface area contributed by atoms with E-state index in [0.29, 0.717) is 24.4 Å². The second kappa shape index (κ2) is 6.85. The summed E-state index contributed by atoms with van der Waals surface area (Å²) in [4.78, 5) is 4.88. The molecule has 2 heterocycles. The predicted octanol–water partition coefficient (Wildman–Crippen LogP) is 1.70. The lowest BCUT2D eigenvalue weighted by Gasteiger charge is -2.39. The van der Waals surface area contributed by atoms with E-state index in [4.69, 9.17) is 9.15 Å². The summed E-state index contributed by atoms with van der Waals surface area (Å²) in [6, 6.07) is 0.492. The number of aromatic nitrogens is 2. The van der Waals surface area contributed by atoms with E-state index < -0.39 is 0 Å².